The fourth-order valence-electron chi connectivity index (χ4n) is 2.69. The van der Waals surface area contributed by atoms with Crippen LogP contribution in [0.25, 0.3) is 0 Å². The third-order valence-electron chi connectivity index (χ3n) is 4.34. The third kappa shape index (κ3) is 3.86. The molecule has 0 aliphatic carbocycles. The zero-order valence-corrected chi connectivity index (χ0v) is 17.2. The van der Waals surface area contributed by atoms with E-state index in [1.807, 2.05) is 0 Å². The van der Waals surface area contributed by atoms with E-state index >= 15 is 0 Å². The lowest BCUT2D eigenvalue weighted by molar-refractivity contribution is -0.112. The van der Waals surface area contributed by atoms with Crippen molar-refractivity contribution in [2.75, 3.05) is 31.7 Å². The Morgan fingerprint density at radius 2 is 2.00 bits per heavy atom. The minimum atomic E-state index is -3.67. The van der Waals surface area contributed by atoms with Gasteiger partial charge in [0, 0.05) is 32.5 Å². The molecule has 1 N–H and O–H groups in total. The predicted molar refractivity (Wildman–Crippen MR) is 106 cm³/mol. The maximum atomic E-state index is 12.8. The Morgan fingerprint density at radius 1 is 1.29 bits per heavy atom. The van der Waals surface area contributed by atoms with Crippen LogP contribution in [0.1, 0.15) is 5.56 Å². The molecule has 2 aliphatic heterocycles. The number of carbonyl (C=O) groups is 1. The number of nitrogens with zero attached hydrogens (tertiary/aromatic N) is 3. The lowest BCUT2D eigenvalue weighted by atomic mass is 10.1. The first-order valence-corrected chi connectivity index (χ1v) is 11.4. The number of fused-ring (bicyclic) bond motifs is 1. The van der Waals surface area contributed by atoms with Crippen molar-refractivity contribution in [3.8, 4) is 0 Å². The highest BCUT2D eigenvalue weighted by Gasteiger charge is 2.30. The van der Waals surface area contributed by atoms with Crippen LogP contribution in [0.2, 0.25) is 0 Å². The lowest BCUT2D eigenvalue weighted by Gasteiger charge is -2.28. The number of nitrogens with one attached hydrogen (secondary N) is 1. The van der Waals surface area contributed by atoms with Crippen LogP contribution in [0.5, 0.6) is 0 Å². The van der Waals surface area contributed by atoms with Gasteiger partial charge >= 0.3 is 0 Å². The molecule has 150 valence electrons. The second kappa shape index (κ2) is 7.15. The molecule has 0 aromatic heterocycles. The Balaban J connectivity index is 1.94. The van der Waals surface area contributed by atoms with Crippen molar-refractivity contribution in [2.45, 2.75) is 11.8 Å². The lowest BCUT2D eigenvalue weighted by Crippen LogP contribution is -2.40. The monoisotopic (exact) mass is 424 g/mol. The van der Waals surface area contributed by atoms with Crippen LogP contribution in [0.15, 0.2) is 51.4 Å². The fourth-order valence-corrected chi connectivity index (χ4v) is 4.60. The van der Waals surface area contributed by atoms with Crippen LogP contribution >= 0.6 is 0 Å². The molecule has 2 heterocycles. The molecule has 28 heavy (non-hydrogen) atoms. The topological polar surface area (TPSA) is 116 Å². The molecule has 2 aliphatic rings. The molecule has 0 atom stereocenters. The smallest absolute Gasteiger partial charge is 0.259 e. The molecule has 11 heteroatoms. The summed E-state index contributed by atoms with van der Waals surface area (Å²) in [5.74, 6) is -0.645. The SMILES string of the molecule is Cc1ccc(S(=O)(=O)N(C)C)cc1NC(=O)C1=CC=CN2CCS(=O)(=O)N=C12. The maximum absolute atomic E-state index is 12.8. The van der Waals surface area contributed by atoms with E-state index in [9.17, 15) is 21.6 Å². The quantitative estimate of drug-likeness (QED) is 0.760. The second-order valence-electron chi connectivity index (χ2n) is 6.53. The largest absolute Gasteiger partial charge is 0.331 e. The zero-order valence-electron chi connectivity index (χ0n) is 15.6. The predicted octanol–water partition coefficient (Wildman–Crippen LogP) is 0.681. The Bertz CT molecular complexity index is 1130. The van der Waals surface area contributed by atoms with Gasteiger partial charge < -0.3 is 10.2 Å². The number of allylic oxidation sites excluding steroid dienone is 2. The Kier molecular flexibility index (Phi) is 5.17. The van der Waals surface area contributed by atoms with E-state index in [0.29, 0.717) is 11.3 Å². The molecule has 0 unspecified atom stereocenters. The zero-order chi connectivity index (χ0) is 20.7. The molecule has 0 saturated carbocycles. The minimum absolute atomic E-state index is 0.0372. The highest BCUT2D eigenvalue weighted by molar-refractivity contribution is 7.90. The number of carbonyl (C=O) groups excluding carboxylic acids is 1. The molecule has 0 radical (unpaired) electrons. The van der Waals surface area contributed by atoms with Crippen molar-refractivity contribution in [2.24, 2.45) is 4.40 Å². The average molecular weight is 425 g/mol. The molecule has 0 bridgehead atoms. The summed E-state index contributed by atoms with van der Waals surface area (Å²) in [6.45, 7) is 1.93. The maximum Gasteiger partial charge on any atom is 0.259 e. The van der Waals surface area contributed by atoms with E-state index in [0.717, 1.165) is 4.31 Å². The van der Waals surface area contributed by atoms with Gasteiger partial charge in [-0.1, -0.05) is 6.07 Å². The summed E-state index contributed by atoms with van der Waals surface area (Å²) in [6, 6.07) is 4.43. The molecule has 0 spiro atoms. The first-order chi connectivity index (χ1) is 13.0. The molecule has 1 amide bonds. The van der Waals surface area contributed by atoms with Crippen molar-refractivity contribution in [1.29, 1.82) is 0 Å². The number of benzene rings is 1. The van der Waals surface area contributed by atoms with Crippen molar-refractivity contribution in [1.82, 2.24) is 9.21 Å². The molecule has 1 aromatic rings. The summed E-state index contributed by atoms with van der Waals surface area (Å²) < 4.78 is 53.2. The van der Waals surface area contributed by atoms with Crippen LogP contribution in [-0.2, 0) is 24.8 Å². The normalized spacial score (nSPS) is 18.4. The molecular formula is C17H20N4O5S2. The van der Waals surface area contributed by atoms with Gasteiger partial charge in [0.15, 0.2) is 5.84 Å². The Labute approximate surface area is 164 Å². The number of amides is 1. The number of hydrogen-bond acceptors (Lipinski definition) is 6. The van der Waals surface area contributed by atoms with Gasteiger partial charge in [0.1, 0.15) is 0 Å². The summed E-state index contributed by atoms with van der Waals surface area (Å²) in [7, 11) is -4.46. The van der Waals surface area contributed by atoms with Gasteiger partial charge in [0.05, 0.1) is 16.2 Å². The van der Waals surface area contributed by atoms with E-state index in [4.69, 9.17) is 0 Å². The number of aryl methyl sites for hydroxylation is 1. The van der Waals surface area contributed by atoms with E-state index in [1.54, 1.807) is 30.2 Å². The molecule has 0 fully saturated rings. The van der Waals surface area contributed by atoms with Gasteiger partial charge in [-0.2, -0.15) is 0 Å². The van der Waals surface area contributed by atoms with E-state index in [2.05, 4.69) is 9.71 Å². The van der Waals surface area contributed by atoms with E-state index in [1.165, 1.54) is 32.3 Å². The van der Waals surface area contributed by atoms with Gasteiger partial charge in [-0.05, 0) is 36.8 Å². The van der Waals surface area contributed by atoms with Crippen molar-refractivity contribution in [3.63, 3.8) is 0 Å². The van der Waals surface area contributed by atoms with Crippen molar-refractivity contribution in [3.05, 3.63) is 47.7 Å². The van der Waals surface area contributed by atoms with Crippen molar-refractivity contribution >= 4 is 37.5 Å². The number of anilines is 1. The number of amidine groups is 1. The van der Waals surface area contributed by atoms with Crippen LogP contribution < -0.4 is 5.32 Å². The van der Waals surface area contributed by atoms with Crippen LogP contribution in [0.3, 0.4) is 0 Å². The summed E-state index contributed by atoms with van der Waals surface area (Å²) in [6.07, 6.45) is 4.76. The molecular weight excluding hydrogens is 404 g/mol. The van der Waals surface area contributed by atoms with Crippen LogP contribution in [0, 0.1) is 6.92 Å². The van der Waals surface area contributed by atoms with Crippen LogP contribution in [0.4, 0.5) is 5.69 Å². The highest BCUT2D eigenvalue weighted by Crippen LogP contribution is 2.24. The van der Waals surface area contributed by atoms with Gasteiger partial charge in [0.2, 0.25) is 10.0 Å². The first kappa shape index (κ1) is 20.2. The summed E-state index contributed by atoms with van der Waals surface area (Å²) in [5.41, 5.74) is 1.06. The molecule has 0 saturated heterocycles. The van der Waals surface area contributed by atoms with Gasteiger partial charge in [-0.3, -0.25) is 4.79 Å². The molecule has 3 rings (SSSR count). The van der Waals surface area contributed by atoms with Gasteiger partial charge in [-0.25, -0.2) is 21.1 Å². The summed E-state index contributed by atoms with van der Waals surface area (Å²) >= 11 is 0. The minimum Gasteiger partial charge on any atom is -0.331 e. The van der Waals surface area contributed by atoms with E-state index < -0.39 is 26.0 Å². The van der Waals surface area contributed by atoms with Crippen molar-refractivity contribution < 1.29 is 21.6 Å². The highest BCUT2D eigenvalue weighted by atomic mass is 32.2. The molecule has 9 nitrogen and oxygen atoms in total. The fraction of sp³-hybridized carbons (Fsp3) is 0.294. The average Bonchev–Trinajstić information content (AvgIpc) is 2.61. The first-order valence-electron chi connectivity index (χ1n) is 8.34. The number of rotatable bonds is 4. The van der Waals surface area contributed by atoms with Gasteiger partial charge in [0.25, 0.3) is 15.9 Å². The Morgan fingerprint density at radius 3 is 2.68 bits per heavy atom. The van der Waals surface area contributed by atoms with Gasteiger partial charge in [-0.15, -0.1) is 4.40 Å². The number of hydrogen-bond donors (Lipinski definition) is 1. The Hall–Kier alpha value is -2.50. The summed E-state index contributed by atoms with van der Waals surface area (Å²) in [4.78, 5) is 14.4. The van der Waals surface area contributed by atoms with Crippen LogP contribution in [-0.4, -0.2) is 64.2 Å². The number of sulfonamides is 2. The molecule has 1 aromatic carbocycles. The third-order valence-corrected chi connectivity index (χ3v) is 7.30. The second-order valence-corrected chi connectivity index (χ2v) is 10.4. The van der Waals surface area contributed by atoms with E-state index in [-0.39, 0.29) is 28.6 Å². The standard InChI is InChI=1S/C17H20N4O5S2/c1-12-6-7-13(28(25,26)20(2)3)11-15(12)18-17(22)14-5-4-8-21-9-10-27(23,24)19-16(14)21/h4-8,11H,9-10H2,1-3H3,(H,18,22). The summed E-state index contributed by atoms with van der Waals surface area (Å²) in [5, 5.41) is 2.67.